The highest BCUT2D eigenvalue weighted by Crippen LogP contribution is 2.22. The van der Waals surface area contributed by atoms with Gasteiger partial charge in [0.15, 0.2) is 6.29 Å². The molecule has 0 saturated carbocycles. The highest BCUT2D eigenvalue weighted by atomic mass is 16.6. The van der Waals surface area contributed by atoms with Crippen LogP contribution in [0.4, 0.5) is 0 Å². The van der Waals surface area contributed by atoms with Gasteiger partial charge in [-0.25, -0.2) is 0 Å². The van der Waals surface area contributed by atoms with E-state index in [-0.39, 0.29) is 6.61 Å². The molecule has 1 aliphatic rings. The van der Waals surface area contributed by atoms with Gasteiger partial charge in [0.1, 0.15) is 11.7 Å². The predicted octanol–water partition coefficient (Wildman–Crippen LogP) is -2.58. The molecule has 0 aromatic heterocycles. The summed E-state index contributed by atoms with van der Waals surface area (Å²) in [4.78, 5) is 0. The van der Waals surface area contributed by atoms with E-state index in [0.717, 1.165) is 0 Å². The van der Waals surface area contributed by atoms with Gasteiger partial charge < -0.3 is 25.2 Å². The molecule has 0 amide bonds. The Morgan fingerprint density at radius 2 is 2.10 bits per heavy atom. The van der Waals surface area contributed by atoms with Crippen LogP contribution in [0.3, 0.4) is 0 Å². The van der Waals surface area contributed by atoms with Gasteiger partial charge in [-0.05, 0) is 0 Å². The van der Waals surface area contributed by atoms with E-state index in [4.69, 9.17) is 20.4 Å². The maximum atomic E-state index is 9.15. The van der Waals surface area contributed by atoms with Crippen LogP contribution in [0.2, 0.25) is 0 Å². The van der Waals surface area contributed by atoms with Crippen LogP contribution in [0.5, 0.6) is 0 Å². The maximum Gasteiger partial charge on any atom is 0.184 e. The fourth-order valence-electron chi connectivity index (χ4n) is 0.811. The van der Waals surface area contributed by atoms with Gasteiger partial charge in [-0.15, -0.1) is 0 Å². The molecule has 0 aromatic carbocycles. The highest BCUT2D eigenvalue weighted by Gasteiger charge is 2.46. The molecule has 0 aromatic rings. The van der Waals surface area contributed by atoms with Gasteiger partial charge in [-0.1, -0.05) is 0 Å². The molecule has 4 N–H and O–H groups in total. The van der Waals surface area contributed by atoms with Crippen LogP contribution in [0.1, 0.15) is 0 Å². The van der Waals surface area contributed by atoms with Crippen molar-refractivity contribution in [3.63, 3.8) is 0 Å². The summed E-state index contributed by atoms with van der Waals surface area (Å²) in [6, 6.07) is 0. The van der Waals surface area contributed by atoms with E-state index in [2.05, 4.69) is 4.74 Å². The third-order valence-electron chi connectivity index (χ3n) is 1.60. The smallest absolute Gasteiger partial charge is 0.184 e. The van der Waals surface area contributed by atoms with Crippen molar-refractivity contribution >= 4 is 0 Å². The molecule has 0 spiro atoms. The molecule has 5 nitrogen and oxygen atoms in total. The number of ether oxygens (including phenoxy) is 1. The maximum absolute atomic E-state index is 9.15. The lowest BCUT2D eigenvalue weighted by molar-refractivity contribution is -0.128. The number of hydrogen-bond acceptors (Lipinski definition) is 5. The minimum absolute atomic E-state index is 0.244. The molecule has 10 heavy (non-hydrogen) atoms. The van der Waals surface area contributed by atoms with Crippen LogP contribution in [-0.2, 0) is 4.74 Å². The van der Waals surface area contributed by atoms with E-state index in [1.54, 1.807) is 0 Å². The van der Waals surface area contributed by atoms with Gasteiger partial charge in [0.25, 0.3) is 0 Å². The second kappa shape index (κ2) is 2.44. The molecule has 1 heterocycles. The van der Waals surface area contributed by atoms with E-state index in [1.807, 2.05) is 0 Å². The lowest BCUT2D eigenvalue weighted by Gasteiger charge is -2.21. The largest absolute Gasteiger partial charge is 0.393 e. The summed E-state index contributed by atoms with van der Waals surface area (Å²) in [5.74, 6) is 0. The summed E-state index contributed by atoms with van der Waals surface area (Å²) in [6.07, 6.45) is -2.81. The standard InChI is InChI=1S/C5H10O5/c6-1-5(9)2-10-4(8)3(5)7/h3-4,6-9H,1-2H2/t3-,4?,5?/m1/s1. The Kier molecular flexibility index (Phi) is 1.93. The first-order chi connectivity index (χ1) is 4.60. The normalized spacial score (nSPS) is 48.0. The molecule has 1 saturated heterocycles. The molecule has 2 unspecified atom stereocenters. The predicted molar refractivity (Wildman–Crippen MR) is 30.0 cm³/mol. The van der Waals surface area contributed by atoms with Crippen LogP contribution in [0, 0.1) is 0 Å². The molecule has 60 valence electrons. The second-order valence-electron chi connectivity index (χ2n) is 2.41. The third kappa shape index (κ3) is 1.02. The molecular formula is C5H10O5. The fourth-order valence-corrected chi connectivity index (χ4v) is 0.811. The Hall–Kier alpha value is -0.200. The molecule has 0 radical (unpaired) electrons. The zero-order valence-electron chi connectivity index (χ0n) is 5.27. The van der Waals surface area contributed by atoms with E-state index in [1.165, 1.54) is 0 Å². The number of aliphatic hydroxyl groups excluding tert-OH is 3. The van der Waals surface area contributed by atoms with E-state index >= 15 is 0 Å². The van der Waals surface area contributed by atoms with Gasteiger partial charge >= 0.3 is 0 Å². The van der Waals surface area contributed by atoms with Crippen molar-refractivity contribution in [3.05, 3.63) is 0 Å². The Morgan fingerprint density at radius 3 is 2.30 bits per heavy atom. The third-order valence-corrected chi connectivity index (χ3v) is 1.60. The molecule has 0 aliphatic carbocycles. The second-order valence-corrected chi connectivity index (χ2v) is 2.41. The van der Waals surface area contributed by atoms with Crippen LogP contribution < -0.4 is 0 Å². The Labute approximate surface area is 57.5 Å². The number of hydrogen-bond donors (Lipinski definition) is 4. The first kappa shape index (κ1) is 7.90. The van der Waals surface area contributed by atoms with Crippen LogP contribution in [0.15, 0.2) is 0 Å². The summed E-state index contributed by atoms with van der Waals surface area (Å²) in [7, 11) is 0. The summed E-state index contributed by atoms with van der Waals surface area (Å²) < 4.78 is 4.47. The summed E-state index contributed by atoms with van der Waals surface area (Å²) in [6.45, 7) is -0.864. The van der Waals surface area contributed by atoms with Crippen molar-refractivity contribution in [2.75, 3.05) is 13.2 Å². The molecule has 0 bridgehead atoms. The van der Waals surface area contributed by atoms with Crippen molar-refractivity contribution in [1.29, 1.82) is 0 Å². The summed E-state index contributed by atoms with van der Waals surface area (Å²) >= 11 is 0. The lowest BCUT2D eigenvalue weighted by atomic mass is 10.0. The van der Waals surface area contributed by atoms with Crippen molar-refractivity contribution < 1.29 is 25.2 Å². The topological polar surface area (TPSA) is 90.2 Å². The molecular weight excluding hydrogens is 140 g/mol. The van der Waals surface area contributed by atoms with Gasteiger partial charge in [0.2, 0.25) is 0 Å². The first-order valence-corrected chi connectivity index (χ1v) is 2.91. The molecule has 5 heteroatoms. The van der Waals surface area contributed by atoms with Crippen molar-refractivity contribution in [1.82, 2.24) is 0 Å². The van der Waals surface area contributed by atoms with Crippen molar-refractivity contribution in [2.24, 2.45) is 0 Å². The summed E-state index contributed by atoms with van der Waals surface area (Å²) in [5.41, 5.74) is -1.70. The Balaban J connectivity index is 2.64. The Bertz CT molecular complexity index is 127. The van der Waals surface area contributed by atoms with Crippen molar-refractivity contribution in [3.8, 4) is 0 Å². The van der Waals surface area contributed by atoms with Gasteiger partial charge in [-0.3, -0.25) is 0 Å². The zero-order chi connectivity index (χ0) is 7.78. The van der Waals surface area contributed by atoms with Crippen molar-refractivity contribution in [2.45, 2.75) is 18.0 Å². The van der Waals surface area contributed by atoms with E-state index in [0.29, 0.717) is 0 Å². The summed E-state index contributed by atoms with van der Waals surface area (Å²) in [5, 5.41) is 35.3. The molecule has 1 fully saturated rings. The number of rotatable bonds is 1. The van der Waals surface area contributed by atoms with Gasteiger partial charge in [0, 0.05) is 0 Å². The lowest BCUT2D eigenvalue weighted by Crippen LogP contribution is -2.46. The minimum atomic E-state index is -1.70. The van der Waals surface area contributed by atoms with Gasteiger partial charge in [-0.2, -0.15) is 0 Å². The highest BCUT2D eigenvalue weighted by molar-refractivity contribution is 4.92. The van der Waals surface area contributed by atoms with Crippen LogP contribution in [-0.4, -0.2) is 51.6 Å². The number of aliphatic hydroxyl groups is 4. The van der Waals surface area contributed by atoms with Crippen LogP contribution >= 0.6 is 0 Å². The van der Waals surface area contributed by atoms with E-state index < -0.39 is 24.6 Å². The average Bonchev–Trinajstić information content (AvgIpc) is 2.19. The zero-order valence-corrected chi connectivity index (χ0v) is 5.27. The molecule has 1 aliphatic heterocycles. The monoisotopic (exact) mass is 150 g/mol. The van der Waals surface area contributed by atoms with Gasteiger partial charge in [0.05, 0.1) is 13.2 Å². The Morgan fingerprint density at radius 1 is 1.50 bits per heavy atom. The van der Waals surface area contributed by atoms with E-state index in [9.17, 15) is 0 Å². The van der Waals surface area contributed by atoms with Crippen LogP contribution in [0.25, 0.3) is 0 Å². The fraction of sp³-hybridized carbons (Fsp3) is 1.00. The minimum Gasteiger partial charge on any atom is -0.393 e. The molecule has 3 atom stereocenters. The first-order valence-electron chi connectivity index (χ1n) is 2.91. The molecule has 1 rings (SSSR count). The quantitative estimate of drug-likeness (QED) is 0.329. The average molecular weight is 150 g/mol. The SMILES string of the molecule is OCC1(O)COC(O)[C@H]1O.